The first-order valence-corrected chi connectivity index (χ1v) is 6.22. The van der Waals surface area contributed by atoms with E-state index in [0.717, 1.165) is 22.6 Å². The molecule has 0 bridgehead atoms. The third-order valence-electron chi connectivity index (χ3n) is 2.40. The van der Waals surface area contributed by atoms with Gasteiger partial charge in [-0.3, -0.25) is 4.79 Å². The van der Waals surface area contributed by atoms with Crippen LogP contribution in [0.5, 0.6) is 5.75 Å². The molecule has 0 fully saturated rings. The van der Waals surface area contributed by atoms with Crippen LogP contribution in [0.25, 0.3) is 0 Å². The first kappa shape index (κ1) is 13.0. The lowest BCUT2D eigenvalue weighted by molar-refractivity contribution is -0.115. The maximum absolute atomic E-state index is 11.5. The van der Waals surface area contributed by atoms with E-state index in [-0.39, 0.29) is 5.91 Å². The van der Waals surface area contributed by atoms with Crippen molar-refractivity contribution >= 4 is 27.5 Å². The molecule has 1 aromatic rings. The van der Waals surface area contributed by atoms with Gasteiger partial charge in [-0.05, 0) is 25.5 Å². The molecule has 0 heterocycles. The highest BCUT2D eigenvalue weighted by Gasteiger charge is 2.09. The summed E-state index contributed by atoms with van der Waals surface area (Å²) in [5.41, 5.74) is 2.84. The van der Waals surface area contributed by atoms with Gasteiger partial charge in [-0.25, -0.2) is 0 Å². The van der Waals surface area contributed by atoms with Gasteiger partial charge < -0.3 is 10.1 Å². The van der Waals surface area contributed by atoms with Crippen molar-refractivity contribution in [3.05, 3.63) is 23.3 Å². The Morgan fingerprint density at radius 2 is 2.12 bits per heavy atom. The number of halogens is 1. The summed E-state index contributed by atoms with van der Waals surface area (Å²) in [6.45, 7) is 3.92. The molecule has 1 rings (SSSR count). The summed E-state index contributed by atoms with van der Waals surface area (Å²) in [6.07, 6.45) is 0.468. The van der Waals surface area contributed by atoms with Crippen molar-refractivity contribution in [1.82, 2.24) is 0 Å². The number of nitrogens with one attached hydrogen (secondary N) is 1. The van der Waals surface area contributed by atoms with Crippen LogP contribution in [-0.2, 0) is 4.79 Å². The fourth-order valence-corrected chi connectivity index (χ4v) is 1.94. The summed E-state index contributed by atoms with van der Waals surface area (Å²) in [5, 5.41) is 3.53. The molecular weight excluding hydrogens is 270 g/mol. The number of alkyl halides is 1. The number of hydrogen-bond donors (Lipinski definition) is 1. The molecule has 0 aromatic heterocycles. The number of rotatable bonds is 4. The number of aryl methyl sites for hydroxylation is 1. The highest BCUT2D eigenvalue weighted by molar-refractivity contribution is 9.09. The van der Waals surface area contributed by atoms with E-state index in [0.29, 0.717) is 11.8 Å². The van der Waals surface area contributed by atoms with E-state index in [2.05, 4.69) is 21.2 Å². The molecule has 3 nitrogen and oxygen atoms in total. The van der Waals surface area contributed by atoms with E-state index in [9.17, 15) is 4.79 Å². The predicted octanol–water partition coefficient (Wildman–Crippen LogP) is 3.04. The molecule has 0 radical (unpaired) electrons. The lowest BCUT2D eigenvalue weighted by Gasteiger charge is -2.13. The molecule has 88 valence electrons. The maximum Gasteiger partial charge on any atom is 0.225 e. The molecule has 0 aliphatic rings. The van der Waals surface area contributed by atoms with Gasteiger partial charge in [0.25, 0.3) is 0 Å². The molecule has 1 amide bonds. The predicted molar refractivity (Wildman–Crippen MR) is 69.5 cm³/mol. The van der Waals surface area contributed by atoms with Gasteiger partial charge in [-0.2, -0.15) is 0 Å². The summed E-state index contributed by atoms with van der Waals surface area (Å²) in [6, 6.07) is 3.84. The number of ether oxygens (including phenoxy) is 1. The summed E-state index contributed by atoms with van der Waals surface area (Å²) >= 11 is 3.24. The van der Waals surface area contributed by atoms with E-state index in [1.165, 1.54) is 0 Å². The molecule has 0 unspecified atom stereocenters. The molecular formula is C12H16BrNO2. The third kappa shape index (κ3) is 2.98. The van der Waals surface area contributed by atoms with E-state index >= 15 is 0 Å². The zero-order valence-corrected chi connectivity index (χ0v) is 11.3. The van der Waals surface area contributed by atoms with Gasteiger partial charge in [0, 0.05) is 23.0 Å². The van der Waals surface area contributed by atoms with Crippen LogP contribution >= 0.6 is 15.9 Å². The fourth-order valence-electron chi connectivity index (χ4n) is 1.58. The molecule has 0 saturated carbocycles. The van der Waals surface area contributed by atoms with E-state index in [1.807, 2.05) is 26.0 Å². The molecule has 0 spiro atoms. The summed E-state index contributed by atoms with van der Waals surface area (Å²) in [7, 11) is 1.64. The zero-order valence-electron chi connectivity index (χ0n) is 9.76. The monoisotopic (exact) mass is 285 g/mol. The molecule has 16 heavy (non-hydrogen) atoms. The third-order valence-corrected chi connectivity index (χ3v) is 2.80. The first-order valence-electron chi connectivity index (χ1n) is 5.10. The van der Waals surface area contributed by atoms with Crippen LogP contribution in [-0.4, -0.2) is 18.3 Å². The van der Waals surface area contributed by atoms with Gasteiger partial charge in [0.05, 0.1) is 7.11 Å². The van der Waals surface area contributed by atoms with E-state index in [4.69, 9.17) is 4.74 Å². The zero-order chi connectivity index (χ0) is 12.1. The highest BCUT2D eigenvalue weighted by Crippen LogP contribution is 2.29. The van der Waals surface area contributed by atoms with Crippen LogP contribution in [0, 0.1) is 13.8 Å². The standard InChI is InChI=1S/C12H16BrNO2/c1-8-4-5-10(9(2)12(8)16-3)14-11(15)6-7-13/h4-5H,6-7H2,1-3H3,(H,14,15). The van der Waals surface area contributed by atoms with Gasteiger partial charge in [0.1, 0.15) is 5.75 Å². The Bertz CT molecular complexity index is 391. The number of carbonyl (C=O) groups is 1. The molecule has 1 aromatic carbocycles. The van der Waals surface area contributed by atoms with E-state index in [1.54, 1.807) is 7.11 Å². The van der Waals surface area contributed by atoms with Crippen molar-refractivity contribution in [2.45, 2.75) is 20.3 Å². The van der Waals surface area contributed by atoms with Gasteiger partial charge in [0.15, 0.2) is 0 Å². The second-order valence-corrected chi connectivity index (χ2v) is 4.37. The minimum Gasteiger partial charge on any atom is -0.496 e. The fraction of sp³-hybridized carbons (Fsp3) is 0.417. The SMILES string of the molecule is COc1c(C)ccc(NC(=O)CCBr)c1C. The summed E-state index contributed by atoms with van der Waals surface area (Å²) < 4.78 is 5.30. The number of amides is 1. The quantitative estimate of drug-likeness (QED) is 0.864. The minimum atomic E-state index is 0.00545. The van der Waals surface area contributed by atoms with E-state index < -0.39 is 0 Å². The van der Waals surface area contributed by atoms with Crippen LogP contribution in [0.4, 0.5) is 5.69 Å². The van der Waals surface area contributed by atoms with Crippen LogP contribution in [0.3, 0.4) is 0 Å². The molecule has 0 aliphatic heterocycles. The Kier molecular flexibility index (Phi) is 4.80. The number of hydrogen-bond acceptors (Lipinski definition) is 2. The van der Waals surface area contributed by atoms with Gasteiger partial charge in [-0.1, -0.05) is 22.0 Å². The van der Waals surface area contributed by atoms with Crippen LogP contribution < -0.4 is 10.1 Å². The Labute approximate surface area is 104 Å². The average molecular weight is 286 g/mol. The Hall–Kier alpha value is -1.03. The maximum atomic E-state index is 11.5. The molecule has 1 N–H and O–H groups in total. The Morgan fingerprint density at radius 3 is 2.69 bits per heavy atom. The van der Waals surface area contributed by atoms with Crippen LogP contribution in [0.1, 0.15) is 17.5 Å². The number of carbonyl (C=O) groups excluding carboxylic acids is 1. The smallest absolute Gasteiger partial charge is 0.225 e. The van der Waals surface area contributed by atoms with Crippen molar-refractivity contribution in [1.29, 1.82) is 0 Å². The highest BCUT2D eigenvalue weighted by atomic mass is 79.9. The summed E-state index contributed by atoms with van der Waals surface area (Å²) in [4.78, 5) is 11.5. The van der Waals surface area contributed by atoms with Gasteiger partial charge in [0.2, 0.25) is 5.91 Å². The lowest BCUT2D eigenvalue weighted by atomic mass is 10.1. The van der Waals surface area contributed by atoms with Crippen molar-refractivity contribution in [2.24, 2.45) is 0 Å². The molecule has 0 saturated heterocycles. The van der Waals surface area contributed by atoms with Gasteiger partial charge >= 0.3 is 0 Å². The van der Waals surface area contributed by atoms with Crippen molar-refractivity contribution < 1.29 is 9.53 Å². The van der Waals surface area contributed by atoms with Crippen molar-refractivity contribution in [3.8, 4) is 5.75 Å². The molecule has 0 aliphatic carbocycles. The second-order valence-electron chi connectivity index (χ2n) is 3.58. The second kappa shape index (κ2) is 5.89. The number of methoxy groups -OCH3 is 1. The van der Waals surface area contributed by atoms with Gasteiger partial charge in [-0.15, -0.1) is 0 Å². The van der Waals surface area contributed by atoms with Crippen molar-refractivity contribution in [3.63, 3.8) is 0 Å². The first-order chi connectivity index (χ1) is 7.60. The Balaban J connectivity index is 2.93. The lowest BCUT2D eigenvalue weighted by Crippen LogP contribution is -2.13. The average Bonchev–Trinajstić information content (AvgIpc) is 2.23. The van der Waals surface area contributed by atoms with Crippen LogP contribution in [0.2, 0.25) is 0 Å². The molecule has 0 atom stereocenters. The van der Waals surface area contributed by atoms with Crippen LogP contribution in [0.15, 0.2) is 12.1 Å². The Morgan fingerprint density at radius 1 is 1.44 bits per heavy atom. The molecule has 4 heteroatoms. The topological polar surface area (TPSA) is 38.3 Å². The van der Waals surface area contributed by atoms with Crippen molar-refractivity contribution in [2.75, 3.05) is 17.8 Å². The number of benzene rings is 1. The largest absolute Gasteiger partial charge is 0.496 e. The normalized spacial score (nSPS) is 10.0. The number of anilines is 1. The minimum absolute atomic E-state index is 0.00545. The summed E-state index contributed by atoms with van der Waals surface area (Å²) in [5.74, 6) is 0.836.